The summed E-state index contributed by atoms with van der Waals surface area (Å²) in [6.45, 7) is -0.250. The Kier molecular flexibility index (Phi) is 12.5. The van der Waals surface area contributed by atoms with Gasteiger partial charge in [-0.25, -0.2) is 4.79 Å². The lowest BCUT2D eigenvalue weighted by Crippen LogP contribution is -2.27. The molecule has 0 aliphatic carbocycles. The van der Waals surface area contributed by atoms with Crippen LogP contribution in [0.15, 0.2) is 0 Å². The number of aliphatic hydroxyl groups is 2. The zero-order valence-electron chi connectivity index (χ0n) is 5.28. The van der Waals surface area contributed by atoms with Crippen LogP contribution in [0.1, 0.15) is 0 Å². The van der Waals surface area contributed by atoms with Crippen molar-refractivity contribution in [3.8, 4) is 0 Å². The molecular formula is C4H10N2O4. The summed E-state index contributed by atoms with van der Waals surface area (Å²) in [4.78, 5) is 18.7. The molecule has 3 amide bonds. The maximum atomic E-state index is 9.48. The predicted molar refractivity (Wildman–Crippen MR) is 33.0 cm³/mol. The van der Waals surface area contributed by atoms with Crippen LogP contribution in [-0.2, 0) is 4.79 Å². The summed E-state index contributed by atoms with van der Waals surface area (Å²) in [6.07, 6.45) is 0.225. The second-order valence-corrected chi connectivity index (χ2v) is 1.07. The number of amides is 3. The number of urea groups is 1. The van der Waals surface area contributed by atoms with Crippen molar-refractivity contribution in [3.05, 3.63) is 0 Å². The fraction of sp³-hybridized carbons (Fsp3) is 0.500. The van der Waals surface area contributed by atoms with E-state index in [4.69, 9.17) is 10.2 Å². The SMILES string of the molecule is NC(=O)NC=O.OCCO. The van der Waals surface area contributed by atoms with Gasteiger partial charge in [0.05, 0.1) is 13.2 Å². The lowest BCUT2D eigenvalue weighted by atomic mass is 10.8. The number of hydrogen-bond acceptors (Lipinski definition) is 4. The molecule has 0 heterocycles. The Labute approximate surface area is 57.6 Å². The van der Waals surface area contributed by atoms with Crippen LogP contribution in [-0.4, -0.2) is 35.9 Å². The quantitative estimate of drug-likeness (QED) is 0.334. The smallest absolute Gasteiger partial charge is 0.318 e. The highest BCUT2D eigenvalue weighted by Gasteiger charge is 1.79. The Balaban J connectivity index is 0. The minimum absolute atomic E-state index is 0.125. The van der Waals surface area contributed by atoms with Crippen molar-refractivity contribution in [3.63, 3.8) is 0 Å². The first kappa shape index (κ1) is 11.6. The molecule has 0 radical (unpaired) electrons. The Morgan fingerprint density at radius 3 is 1.90 bits per heavy atom. The number of carbonyl (C=O) groups excluding carboxylic acids is 2. The van der Waals surface area contributed by atoms with E-state index in [9.17, 15) is 9.59 Å². The molecule has 0 aromatic rings. The van der Waals surface area contributed by atoms with Gasteiger partial charge in [-0.05, 0) is 0 Å². The summed E-state index contributed by atoms with van der Waals surface area (Å²) >= 11 is 0. The van der Waals surface area contributed by atoms with Gasteiger partial charge < -0.3 is 15.9 Å². The number of aliphatic hydroxyl groups excluding tert-OH is 2. The summed E-state index contributed by atoms with van der Waals surface area (Å²) in [6, 6.07) is -0.829. The minimum Gasteiger partial charge on any atom is -0.394 e. The largest absolute Gasteiger partial charge is 0.394 e. The van der Waals surface area contributed by atoms with Gasteiger partial charge in [0.2, 0.25) is 6.41 Å². The molecule has 5 N–H and O–H groups in total. The monoisotopic (exact) mass is 150 g/mol. The van der Waals surface area contributed by atoms with Crippen LogP contribution in [0.2, 0.25) is 0 Å². The highest BCUT2D eigenvalue weighted by atomic mass is 16.3. The van der Waals surface area contributed by atoms with Gasteiger partial charge >= 0.3 is 6.03 Å². The Morgan fingerprint density at radius 2 is 1.90 bits per heavy atom. The number of imide groups is 1. The van der Waals surface area contributed by atoms with Crippen LogP contribution in [0.5, 0.6) is 0 Å². The van der Waals surface area contributed by atoms with E-state index in [2.05, 4.69) is 5.73 Å². The predicted octanol–water partition coefficient (Wildman–Crippen LogP) is -2.22. The van der Waals surface area contributed by atoms with E-state index in [1.54, 1.807) is 5.32 Å². The summed E-state index contributed by atoms with van der Waals surface area (Å²) in [5, 5.41) is 16.9. The van der Waals surface area contributed by atoms with E-state index >= 15 is 0 Å². The van der Waals surface area contributed by atoms with Crippen molar-refractivity contribution in [2.75, 3.05) is 13.2 Å². The van der Waals surface area contributed by atoms with Gasteiger partial charge in [-0.3, -0.25) is 10.1 Å². The van der Waals surface area contributed by atoms with E-state index in [0.717, 1.165) is 0 Å². The zero-order valence-corrected chi connectivity index (χ0v) is 5.28. The van der Waals surface area contributed by atoms with E-state index in [-0.39, 0.29) is 19.6 Å². The number of carbonyl (C=O) groups is 2. The fourth-order valence-corrected chi connectivity index (χ4v) is 0.0581. The average molecular weight is 150 g/mol. The molecule has 0 unspecified atom stereocenters. The normalized spacial score (nSPS) is 7.00. The number of nitrogens with one attached hydrogen (secondary N) is 1. The Hall–Kier alpha value is -1.14. The number of hydrogen-bond donors (Lipinski definition) is 4. The van der Waals surface area contributed by atoms with Crippen molar-refractivity contribution >= 4 is 12.4 Å². The summed E-state index contributed by atoms with van der Waals surface area (Å²) in [7, 11) is 0. The summed E-state index contributed by atoms with van der Waals surface area (Å²) in [5.41, 5.74) is 4.42. The van der Waals surface area contributed by atoms with E-state index in [0.29, 0.717) is 0 Å². The second kappa shape index (κ2) is 10.8. The van der Waals surface area contributed by atoms with Crippen LogP contribution >= 0.6 is 0 Å². The van der Waals surface area contributed by atoms with Gasteiger partial charge in [0, 0.05) is 0 Å². The molecular weight excluding hydrogens is 140 g/mol. The van der Waals surface area contributed by atoms with E-state index < -0.39 is 6.03 Å². The third kappa shape index (κ3) is 28.8. The first-order valence-corrected chi connectivity index (χ1v) is 2.40. The van der Waals surface area contributed by atoms with Crippen LogP contribution < -0.4 is 11.1 Å². The van der Waals surface area contributed by atoms with Gasteiger partial charge in [-0.1, -0.05) is 0 Å². The number of nitrogens with two attached hydrogens (primary N) is 1. The molecule has 0 aliphatic heterocycles. The molecule has 0 aliphatic rings. The van der Waals surface area contributed by atoms with Gasteiger partial charge in [-0.2, -0.15) is 0 Å². The summed E-state index contributed by atoms with van der Waals surface area (Å²) < 4.78 is 0. The maximum absolute atomic E-state index is 9.48. The van der Waals surface area contributed by atoms with E-state index in [1.807, 2.05) is 0 Å². The fourth-order valence-electron chi connectivity index (χ4n) is 0.0581. The third-order valence-electron chi connectivity index (χ3n) is 0.301. The zero-order chi connectivity index (χ0) is 8.41. The maximum Gasteiger partial charge on any atom is 0.318 e. The van der Waals surface area contributed by atoms with Gasteiger partial charge in [0.1, 0.15) is 0 Å². The molecule has 60 valence electrons. The standard InChI is InChI=1S/C2H4N2O2.C2H6O2/c3-2(6)4-1-5;3-1-2-4/h1H,(H3,3,4,5,6);3-4H,1-2H2. The number of rotatable bonds is 2. The molecule has 0 spiro atoms. The van der Waals surface area contributed by atoms with Gasteiger partial charge in [-0.15, -0.1) is 0 Å². The van der Waals surface area contributed by atoms with Gasteiger partial charge in [0.15, 0.2) is 0 Å². The van der Waals surface area contributed by atoms with E-state index in [1.165, 1.54) is 0 Å². The average Bonchev–Trinajstić information content (AvgIpc) is 1.89. The Bertz CT molecular complexity index is 93.3. The minimum atomic E-state index is -0.829. The van der Waals surface area contributed by atoms with Crippen molar-refractivity contribution in [2.24, 2.45) is 5.73 Å². The first-order chi connectivity index (χ1) is 4.68. The van der Waals surface area contributed by atoms with Crippen LogP contribution in [0, 0.1) is 0 Å². The second-order valence-electron chi connectivity index (χ2n) is 1.07. The topological polar surface area (TPSA) is 113 Å². The summed E-state index contributed by atoms with van der Waals surface area (Å²) in [5.74, 6) is 0. The Morgan fingerprint density at radius 1 is 1.50 bits per heavy atom. The van der Waals surface area contributed by atoms with Crippen LogP contribution in [0.3, 0.4) is 0 Å². The molecule has 0 aromatic heterocycles. The molecule has 0 rings (SSSR count). The van der Waals surface area contributed by atoms with Gasteiger partial charge in [0.25, 0.3) is 0 Å². The molecule has 6 nitrogen and oxygen atoms in total. The lowest BCUT2D eigenvalue weighted by molar-refractivity contribution is -0.108. The first-order valence-electron chi connectivity index (χ1n) is 2.40. The molecule has 0 bridgehead atoms. The third-order valence-corrected chi connectivity index (χ3v) is 0.301. The molecule has 0 aromatic carbocycles. The molecule has 0 atom stereocenters. The lowest BCUT2D eigenvalue weighted by Gasteiger charge is -1.79. The highest BCUT2D eigenvalue weighted by molar-refractivity contribution is 5.82. The van der Waals surface area contributed by atoms with Crippen molar-refractivity contribution in [2.45, 2.75) is 0 Å². The van der Waals surface area contributed by atoms with Crippen LogP contribution in [0.4, 0.5) is 4.79 Å². The van der Waals surface area contributed by atoms with Crippen molar-refractivity contribution in [1.29, 1.82) is 0 Å². The molecule has 0 saturated carbocycles. The molecule has 6 heteroatoms. The highest BCUT2D eigenvalue weighted by Crippen LogP contribution is 1.41. The molecule has 0 saturated heterocycles. The van der Waals surface area contributed by atoms with Crippen molar-refractivity contribution < 1.29 is 19.8 Å². The van der Waals surface area contributed by atoms with Crippen LogP contribution in [0.25, 0.3) is 0 Å². The molecule has 0 fully saturated rings. The molecule has 10 heavy (non-hydrogen) atoms. The number of primary amides is 1. The van der Waals surface area contributed by atoms with Crippen molar-refractivity contribution in [1.82, 2.24) is 5.32 Å².